The van der Waals surface area contributed by atoms with Crippen LogP contribution in [-0.4, -0.2) is 43.8 Å². The van der Waals surface area contributed by atoms with E-state index in [9.17, 15) is 10.2 Å². The maximum absolute atomic E-state index is 10.7. The quantitative estimate of drug-likeness (QED) is 0.552. The first-order valence-electron chi connectivity index (χ1n) is 11.6. The summed E-state index contributed by atoms with van der Waals surface area (Å²) in [6.45, 7) is 10.0. The number of methoxy groups -OCH3 is 2. The standard InChI is InChI=1S/C26H42O4/c1-17-11-21(13-19(15-29-5)23(17)27)26(9-7-25(3,4)8-10-26)22-12-18(2)24(28)20(14-22)16-30-6/h11,14,18-19,22,24,27-28H,7-10,12-13,15-16H2,1-6H3. The Hall–Kier alpha value is -1.10. The zero-order valence-corrected chi connectivity index (χ0v) is 19.8. The fourth-order valence-corrected chi connectivity index (χ4v) is 6.07. The Morgan fingerprint density at radius 1 is 1.10 bits per heavy atom. The van der Waals surface area contributed by atoms with Gasteiger partial charge in [0, 0.05) is 20.1 Å². The van der Waals surface area contributed by atoms with Crippen LogP contribution in [0.5, 0.6) is 0 Å². The minimum Gasteiger partial charge on any atom is -0.512 e. The van der Waals surface area contributed by atoms with Gasteiger partial charge in [0.15, 0.2) is 0 Å². The van der Waals surface area contributed by atoms with E-state index in [-0.39, 0.29) is 17.3 Å². The molecule has 3 rings (SSSR count). The zero-order valence-electron chi connectivity index (χ0n) is 19.8. The van der Waals surface area contributed by atoms with E-state index in [0.29, 0.717) is 30.3 Å². The Balaban J connectivity index is 2.04. The molecule has 3 aliphatic carbocycles. The van der Waals surface area contributed by atoms with Gasteiger partial charge in [-0.1, -0.05) is 38.5 Å². The molecule has 0 saturated heterocycles. The minimum absolute atomic E-state index is 0.0378. The Kier molecular flexibility index (Phi) is 7.21. The van der Waals surface area contributed by atoms with Gasteiger partial charge in [0.05, 0.1) is 19.3 Å². The van der Waals surface area contributed by atoms with Gasteiger partial charge in [-0.25, -0.2) is 0 Å². The van der Waals surface area contributed by atoms with E-state index >= 15 is 0 Å². The first kappa shape index (κ1) is 23.6. The summed E-state index contributed by atoms with van der Waals surface area (Å²) < 4.78 is 10.9. The predicted molar refractivity (Wildman–Crippen MR) is 121 cm³/mol. The van der Waals surface area contributed by atoms with Gasteiger partial charge in [-0.2, -0.15) is 0 Å². The molecule has 1 fully saturated rings. The molecule has 4 nitrogen and oxygen atoms in total. The molecule has 0 aromatic rings. The van der Waals surface area contributed by atoms with Crippen LogP contribution in [0.25, 0.3) is 0 Å². The molecule has 0 heterocycles. The Labute approximate surface area is 183 Å². The molecule has 0 spiro atoms. The lowest BCUT2D eigenvalue weighted by atomic mass is 9.53. The van der Waals surface area contributed by atoms with Crippen LogP contribution in [0, 0.1) is 28.6 Å². The highest BCUT2D eigenvalue weighted by molar-refractivity contribution is 5.37. The molecule has 4 unspecified atom stereocenters. The smallest absolute Gasteiger partial charge is 0.101 e. The topological polar surface area (TPSA) is 58.9 Å². The third kappa shape index (κ3) is 4.56. The SMILES string of the molecule is COCC1=CC(C2(C3=CC(C)=C(O)C(COC)C3)CCC(C)(C)CC2)CC(C)C1O. The second-order valence-electron chi connectivity index (χ2n) is 10.9. The molecule has 0 amide bonds. The largest absolute Gasteiger partial charge is 0.512 e. The zero-order chi connectivity index (χ0) is 22.1. The first-order valence-corrected chi connectivity index (χ1v) is 11.6. The van der Waals surface area contributed by atoms with Gasteiger partial charge in [-0.15, -0.1) is 0 Å². The van der Waals surface area contributed by atoms with Crippen molar-refractivity contribution in [3.8, 4) is 0 Å². The second kappa shape index (κ2) is 9.18. The molecule has 0 aliphatic heterocycles. The van der Waals surface area contributed by atoms with Gasteiger partial charge in [-0.3, -0.25) is 0 Å². The maximum atomic E-state index is 10.7. The number of rotatable bonds is 6. The van der Waals surface area contributed by atoms with Gasteiger partial charge in [-0.05, 0) is 79.3 Å². The molecular formula is C26H42O4. The van der Waals surface area contributed by atoms with Crippen LogP contribution >= 0.6 is 0 Å². The summed E-state index contributed by atoms with van der Waals surface area (Å²) in [6, 6.07) is 0. The summed E-state index contributed by atoms with van der Waals surface area (Å²) in [5.41, 5.74) is 3.93. The Morgan fingerprint density at radius 2 is 1.77 bits per heavy atom. The van der Waals surface area contributed by atoms with Crippen LogP contribution in [0.2, 0.25) is 0 Å². The number of hydrogen-bond acceptors (Lipinski definition) is 4. The van der Waals surface area contributed by atoms with Gasteiger partial charge in [0.2, 0.25) is 0 Å². The summed E-state index contributed by atoms with van der Waals surface area (Å²) >= 11 is 0. The molecule has 170 valence electrons. The molecular weight excluding hydrogens is 376 g/mol. The van der Waals surface area contributed by atoms with Crippen LogP contribution in [0.3, 0.4) is 0 Å². The molecule has 3 aliphatic rings. The van der Waals surface area contributed by atoms with Gasteiger partial charge >= 0.3 is 0 Å². The minimum atomic E-state index is -0.412. The number of allylic oxidation sites excluding steroid dienone is 4. The molecule has 0 aromatic heterocycles. The highest BCUT2D eigenvalue weighted by Gasteiger charge is 2.48. The second-order valence-corrected chi connectivity index (χ2v) is 10.9. The van der Waals surface area contributed by atoms with E-state index in [0.717, 1.165) is 36.8 Å². The van der Waals surface area contributed by atoms with Crippen molar-refractivity contribution in [1.29, 1.82) is 0 Å². The fraction of sp³-hybridized carbons (Fsp3) is 0.769. The lowest BCUT2D eigenvalue weighted by Crippen LogP contribution is -2.43. The van der Waals surface area contributed by atoms with Crippen LogP contribution < -0.4 is 0 Å². The van der Waals surface area contributed by atoms with Crippen LogP contribution in [0.1, 0.15) is 66.2 Å². The van der Waals surface area contributed by atoms with Crippen LogP contribution in [0.4, 0.5) is 0 Å². The highest BCUT2D eigenvalue weighted by atomic mass is 16.5. The monoisotopic (exact) mass is 418 g/mol. The fourth-order valence-electron chi connectivity index (χ4n) is 6.07. The molecule has 30 heavy (non-hydrogen) atoms. The van der Waals surface area contributed by atoms with Crippen molar-refractivity contribution in [3.05, 3.63) is 34.6 Å². The maximum Gasteiger partial charge on any atom is 0.101 e. The number of aliphatic hydroxyl groups is 2. The van der Waals surface area contributed by atoms with Crippen molar-refractivity contribution in [2.24, 2.45) is 28.6 Å². The Morgan fingerprint density at radius 3 is 2.37 bits per heavy atom. The van der Waals surface area contributed by atoms with Gasteiger partial charge < -0.3 is 19.7 Å². The normalized spacial score (nSPS) is 33.8. The number of hydrogen-bond donors (Lipinski definition) is 2. The molecule has 4 heteroatoms. The van der Waals surface area contributed by atoms with Crippen molar-refractivity contribution in [2.45, 2.75) is 72.3 Å². The number of ether oxygens (including phenoxy) is 2. The van der Waals surface area contributed by atoms with Crippen molar-refractivity contribution in [3.63, 3.8) is 0 Å². The summed E-state index contributed by atoms with van der Waals surface area (Å²) in [4.78, 5) is 0. The highest BCUT2D eigenvalue weighted by Crippen LogP contribution is 2.58. The van der Waals surface area contributed by atoms with E-state index in [4.69, 9.17) is 9.47 Å². The van der Waals surface area contributed by atoms with Gasteiger partial charge in [0.1, 0.15) is 5.76 Å². The van der Waals surface area contributed by atoms with Crippen LogP contribution in [0.15, 0.2) is 34.6 Å². The average Bonchev–Trinajstić information content (AvgIpc) is 2.69. The number of aliphatic hydroxyl groups excluding tert-OH is 2. The first-order chi connectivity index (χ1) is 14.1. The third-order valence-electron chi connectivity index (χ3n) is 8.13. The summed E-state index contributed by atoms with van der Waals surface area (Å²) in [5.74, 6) is 1.13. The van der Waals surface area contributed by atoms with Crippen molar-refractivity contribution >= 4 is 0 Å². The molecule has 1 saturated carbocycles. The third-order valence-corrected chi connectivity index (χ3v) is 8.13. The lowest BCUT2D eigenvalue weighted by Gasteiger charge is -2.52. The van der Waals surface area contributed by atoms with Gasteiger partial charge in [0.25, 0.3) is 0 Å². The van der Waals surface area contributed by atoms with Crippen molar-refractivity contribution < 1.29 is 19.7 Å². The molecule has 0 bridgehead atoms. The van der Waals surface area contributed by atoms with Crippen molar-refractivity contribution in [1.82, 2.24) is 0 Å². The molecule has 4 atom stereocenters. The Bertz CT molecular complexity index is 705. The van der Waals surface area contributed by atoms with E-state index in [2.05, 4.69) is 32.9 Å². The molecule has 2 N–H and O–H groups in total. The summed E-state index contributed by atoms with van der Waals surface area (Å²) in [7, 11) is 3.42. The molecule has 0 aromatic carbocycles. The van der Waals surface area contributed by atoms with E-state index < -0.39 is 6.10 Å². The summed E-state index contributed by atoms with van der Waals surface area (Å²) in [6.07, 6.45) is 10.8. The van der Waals surface area contributed by atoms with Crippen molar-refractivity contribution in [2.75, 3.05) is 27.4 Å². The molecule has 0 radical (unpaired) electrons. The van der Waals surface area contributed by atoms with E-state index in [1.165, 1.54) is 18.4 Å². The lowest BCUT2D eigenvalue weighted by molar-refractivity contribution is 0.0421. The predicted octanol–water partition coefficient (Wildman–Crippen LogP) is 5.59. The van der Waals surface area contributed by atoms with Crippen LogP contribution in [-0.2, 0) is 9.47 Å². The van der Waals surface area contributed by atoms with E-state index in [1.807, 2.05) is 6.92 Å². The summed E-state index contributed by atoms with van der Waals surface area (Å²) in [5, 5.41) is 21.4. The average molecular weight is 419 g/mol. The van der Waals surface area contributed by atoms with E-state index in [1.54, 1.807) is 14.2 Å².